The van der Waals surface area contributed by atoms with E-state index in [1.54, 1.807) is 18.2 Å². The molecular formula is C37H47FN4O4. The van der Waals surface area contributed by atoms with Gasteiger partial charge in [0.15, 0.2) is 0 Å². The SMILES string of the molecule is C[C@@H]1CN(C(c2cccc(O)c2)c2cccc(C(=O)N3CCN(CCCCCC(=O)O)CC3)c2)[C@H](C)CN1Cc1cccc(F)c1. The van der Waals surface area contributed by atoms with E-state index in [-0.39, 0.29) is 42.0 Å². The molecule has 3 aromatic rings. The highest BCUT2D eigenvalue weighted by Gasteiger charge is 2.35. The largest absolute Gasteiger partial charge is 0.508 e. The predicted octanol–water partition coefficient (Wildman–Crippen LogP) is 5.62. The van der Waals surface area contributed by atoms with Crippen LogP contribution in [0.4, 0.5) is 4.39 Å². The molecule has 246 valence electrons. The molecule has 0 bridgehead atoms. The minimum atomic E-state index is -0.742. The van der Waals surface area contributed by atoms with Gasteiger partial charge in [-0.25, -0.2) is 4.39 Å². The van der Waals surface area contributed by atoms with Crippen LogP contribution in [0.1, 0.15) is 72.6 Å². The van der Waals surface area contributed by atoms with Gasteiger partial charge in [-0.15, -0.1) is 0 Å². The molecule has 0 aromatic heterocycles. The van der Waals surface area contributed by atoms with Gasteiger partial charge in [0.2, 0.25) is 0 Å². The van der Waals surface area contributed by atoms with Gasteiger partial charge in [0.1, 0.15) is 11.6 Å². The Morgan fingerprint density at radius 2 is 1.57 bits per heavy atom. The molecule has 1 amide bonds. The molecule has 5 rings (SSSR count). The summed E-state index contributed by atoms with van der Waals surface area (Å²) in [7, 11) is 0. The Hall–Kier alpha value is -3.79. The molecule has 3 aromatic carbocycles. The number of carboxylic acid groups (broad SMARTS) is 1. The highest BCUT2D eigenvalue weighted by molar-refractivity contribution is 5.94. The minimum absolute atomic E-state index is 0.0268. The van der Waals surface area contributed by atoms with Crippen LogP contribution in [0.2, 0.25) is 0 Å². The molecule has 2 saturated heterocycles. The second-order valence-corrected chi connectivity index (χ2v) is 12.9. The first kappa shape index (κ1) is 33.6. The number of phenols is 1. The lowest BCUT2D eigenvalue weighted by atomic mass is 9.92. The van der Waals surface area contributed by atoms with Gasteiger partial charge in [0, 0.05) is 69.9 Å². The summed E-state index contributed by atoms with van der Waals surface area (Å²) in [6.45, 7) is 10.5. The van der Waals surface area contributed by atoms with Crippen molar-refractivity contribution in [3.05, 3.63) is 101 Å². The zero-order valence-corrected chi connectivity index (χ0v) is 27.0. The molecule has 0 spiro atoms. The van der Waals surface area contributed by atoms with Crippen molar-refractivity contribution in [2.24, 2.45) is 0 Å². The lowest BCUT2D eigenvalue weighted by molar-refractivity contribution is -0.137. The van der Waals surface area contributed by atoms with Gasteiger partial charge in [-0.3, -0.25) is 24.3 Å². The molecule has 0 saturated carbocycles. The Labute approximate surface area is 272 Å². The third kappa shape index (κ3) is 8.72. The van der Waals surface area contributed by atoms with E-state index in [0.29, 0.717) is 31.6 Å². The number of carbonyl (C=O) groups is 2. The van der Waals surface area contributed by atoms with Crippen molar-refractivity contribution in [3.8, 4) is 5.75 Å². The van der Waals surface area contributed by atoms with Crippen molar-refractivity contribution in [3.63, 3.8) is 0 Å². The number of benzene rings is 3. The number of hydrogen-bond acceptors (Lipinski definition) is 6. The van der Waals surface area contributed by atoms with Crippen LogP contribution in [-0.4, -0.2) is 99.6 Å². The molecule has 0 aliphatic carbocycles. The highest BCUT2D eigenvalue weighted by Crippen LogP contribution is 2.35. The summed E-state index contributed by atoms with van der Waals surface area (Å²) in [4.78, 5) is 33.6. The van der Waals surface area contributed by atoms with Gasteiger partial charge in [-0.05, 0) is 86.3 Å². The second-order valence-electron chi connectivity index (χ2n) is 12.9. The average molecular weight is 631 g/mol. The number of carbonyl (C=O) groups excluding carboxylic acids is 1. The fourth-order valence-electron chi connectivity index (χ4n) is 6.93. The molecule has 2 heterocycles. The molecule has 46 heavy (non-hydrogen) atoms. The number of rotatable bonds is 12. The smallest absolute Gasteiger partial charge is 0.303 e. The van der Waals surface area contributed by atoms with Crippen LogP contribution in [0.25, 0.3) is 0 Å². The molecule has 8 nitrogen and oxygen atoms in total. The molecular weight excluding hydrogens is 583 g/mol. The molecule has 2 aliphatic heterocycles. The van der Waals surface area contributed by atoms with Crippen LogP contribution < -0.4 is 0 Å². The number of piperazine rings is 2. The number of hydrogen-bond donors (Lipinski definition) is 2. The Bertz CT molecular complexity index is 1480. The van der Waals surface area contributed by atoms with Gasteiger partial charge in [-0.1, -0.05) is 42.8 Å². The van der Waals surface area contributed by atoms with Crippen molar-refractivity contribution in [1.82, 2.24) is 19.6 Å². The fourth-order valence-corrected chi connectivity index (χ4v) is 6.93. The van der Waals surface area contributed by atoms with Crippen LogP contribution in [-0.2, 0) is 11.3 Å². The lowest BCUT2D eigenvalue weighted by Gasteiger charge is -2.47. The van der Waals surface area contributed by atoms with Gasteiger partial charge >= 0.3 is 5.97 Å². The van der Waals surface area contributed by atoms with E-state index in [2.05, 4.69) is 34.6 Å². The quantitative estimate of drug-likeness (QED) is 0.251. The first-order valence-corrected chi connectivity index (χ1v) is 16.5. The normalized spacial score (nSPS) is 20.5. The number of aliphatic carboxylic acids is 1. The number of carboxylic acids is 1. The summed E-state index contributed by atoms with van der Waals surface area (Å²) in [6, 6.07) is 22.4. The molecule has 2 N–H and O–H groups in total. The molecule has 1 unspecified atom stereocenters. The average Bonchev–Trinajstić information content (AvgIpc) is 3.03. The fraction of sp³-hybridized carbons (Fsp3) is 0.459. The first-order valence-electron chi connectivity index (χ1n) is 16.5. The first-order chi connectivity index (χ1) is 22.2. The van der Waals surface area contributed by atoms with Gasteiger partial charge < -0.3 is 15.1 Å². The standard InChI is InChI=1S/C37H47FN4O4/c1-27-25-42(28(2)24-41(27)26-29-9-6-13-33(38)21-29)36(31-11-8-14-34(43)23-31)30-10-7-12-32(22-30)37(46)40-19-17-39(18-20-40)16-5-3-4-15-35(44)45/h6-14,21-23,27-28,36,43H,3-5,15-20,24-26H2,1-2H3,(H,44,45)/t27-,28-,36?/m1/s1. The number of amides is 1. The second kappa shape index (κ2) is 15.7. The van der Waals surface area contributed by atoms with E-state index in [1.807, 2.05) is 47.4 Å². The van der Waals surface area contributed by atoms with E-state index in [0.717, 1.165) is 62.3 Å². The van der Waals surface area contributed by atoms with Crippen LogP contribution in [0.5, 0.6) is 5.75 Å². The van der Waals surface area contributed by atoms with Crippen LogP contribution in [0.3, 0.4) is 0 Å². The van der Waals surface area contributed by atoms with Crippen LogP contribution >= 0.6 is 0 Å². The lowest BCUT2D eigenvalue weighted by Crippen LogP contribution is -2.56. The number of phenolic OH excluding ortho intramolecular Hbond substituents is 1. The number of aromatic hydroxyl groups is 1. The van der Waals surface area contributed by atoms with Gasteiger partial charge in [0.25, 0.3) is 5.91 Å². The Kier molecular flexibility index (Phi) is 11.4. The van der Waals surface area contributed by atoms with E-state index in [9.17, 15) is 19.1 Å². The Morgan fingerprint density at radius 1 is 0.848 bits per heavy atom. The van der Waals surface area contributed by atoms with E-state index >= 15 is 0 Å². The molecule has 9 heteroatoms. The van der Waals surface area contributed by atoms with Crippen LogP contribution in [0, 0.1) is 5.82 Å². The molecule has 3 atom stereocenters. The monoisotopic (exact) mass is 630 g/mol. The van der Waals surface area contributed by atoms with Crippen molar-refractivity contribution in [2.45, 2.75) is 64.2 Å². The summed E-state index contributed by atoms with van der Waals surface area (Å²) in [5, 5.41) is 19.3. The minimum Gasteiger partial charge on any atom is -0.508 e. The summed E-state index contributed by atoms with van der Waals surface area (Å²) in [5.41, 5.74) is 3.60. The summed E-state index contributed by atoms with van der Waals surface area (Å²) >= 11 is 0. The third-order valence-corrected chi connectivity index (χ3v) is 9.43. The number of nitrogens with zero attached hydrogens (tertiary/aromatic N) is 4. The highest BCUT2D eigenvalue weighted by atomic mass is 19.1. The Morgan fingerprint density at radius 3 is 2.28 bits per heavy atom. The zero-order chi connectivity index (χ0) is 32.6. The summed E-state index contributed by atoms with van der Waals surface area (Å²) in [5.74, 6) is -0.727. The Balaban J connectivity index is 1.28. The van der Waals surface area contributed by atoms with Crippen molar-refractivity contribution in [2.75, 3.05) is 45.8 Å². The third-order valence-electron chi connectivity index (χ3n) is 9.43. The van der Waals surface area contributed by atoms with E-state index < -0.39 is 5.97 Å². The van der Waals surface area contributed by atoms with Crippen molar-refractivity contribution in [1.29, 1.82) is 0 Å². The van der Waals surface area contributed by atoms with E-state index in [1.165, 1.54) is 6.07 Å². The zero-order valence-electron chi connectivity index (χ0n) is 27.0. The maximum atomic E-state index is 13.9. The maximum Gasteiger partial charge on any atom is 0.303 e. The van der Waals surface area contributed by atoms with Crippen molar-refractivity contribution < 1.29 is 24.2 Å². The summed E-state index contributed by atoms with van der Waals surface area (Å²) in [6.07, 6.45) is 2.79. The number of unbranched alkanes of at least 4 members (excludes halogenated alkanes) is 2. The maximum absolute atomic E-state index is 13.9. The molecule has 0 radical (unpaired) electrons. The van der Waals surface area contributed by atoms with Gasteiger partial charge in [-0.2, -0.15) is 0 Å². The number of halogens is 1. The van der Waals surface area contributed by atoms with E-state index in [4.69, 9.17) is 5.11 Å². The predicted molar refractivity (Wildman–Crippen MR) is 177 cm³/mol. The topological polar surface area (TPSA) is 87.6 Å². The van der Waals surface area contributed by atoms with Gasteiger partial charge in [0.05, 0.1) is 6.04 Å². The van der Waals surface area contributed by atoms with Crippen LogP contribution in [0.15, 0.2) is 72.8 Å². The molecule has 2 aliphatic rings. The summed E-state index contributed by atoms with van der Waals surface area (Å²) < 4.78 is 13.9. The molecule has 2 fully saturated rings. The van der Waals surface area contributed by atoms with Crippen molar-refractivity contribution >= 4 is 11.9 Å².